The number of nitrogens with zero attached hydrogens (tertiary/aromatic N) is 2. The van der Waals surface area contributed by atoms with Gasteiger partial charge in [-0.1, -0.05) is 0 Å². The highest BCUT2D eigenvalue weighted by atomic mass is 32.1. The molecule has 118 valence electrons. The molecule has 0 radical (unpaired) electrons. The topological polar surface area (TPSA) is 74.5 Å². The highest BCUT2D eigenvalue weighted by Gasteiger charge is 2.14. The number of rotatable bonds is 6. The molecule has 0 aliphatic carbocycles. The Bertz CT molecular complexity index is 766. The van der Waals surface area contributed by atoms with Crippen LogP contribution in [0.25, 0.3) is 10.6 Å². The van der Waals surface area contributed by atoms with Gasteiger partial charge in [0.1, 0.15) is 10.8 Å². The van der Waals surface area contributed by atoms with Gasteiger partial charge < -0.3 is 13.9 Å². The number of carbonyl (C=O) groups excluding carboxylic acids is 1. The first-order chi connectivity index (χ1) is 11.3. The number of aromatic nitrogens is 2. The minimum atomic E-state index is -0.491. The van der Waals surface area contributed by atoms with Crippen LogP contribution in [0.5, 0.6) is 5.75 Å². The van der Waals surface area contributed by atoms with Crippen molar-refractivity contribution in [1.82, 2.24) is 9.97 Å². The van der Waals surface area contributed by atoms with Gasteiger partial charge in [-0.2, -0.15) is 0 Å². The molecule has 0 aliphatic heterocycles. The third-order valence-electron chi connectivity index (χ3n) is 2.95. The molecule has 3 aromatic rings. The monoisotopic (exact) mass is 330 g/mol. The Hall–Kier alpha value is -2.67. The van der Waals surface area contributed by atoms with Crippen LogP contribution in [-0.2, 0) is 11.3 Å². The van der Waals surface area contributed by atoms with E-state index in [1.165, 1.54) is 23.9 Å². The lowest BCUT2D eigenvalue weighted by Crippen LogP contribution is -2.05. The van der Waals surface area contributed by atoms with Crippen molar-refractivity contribution in [3.8, 4) is 16.3 Å². The normalized spacial score (nSPS) is 10.5. The van der Waals surface area contributed by atoms with Crippen molar-refractivity contribution < 1.29 is 18.7 Å². The fourth-order valence-corrected chi connectivity index (χ4v) is 2.68. The largest absolute Gasteiger partial charge is 0.494 e. The summed E-state index contributed by atoms with van der Waals surface area (Å²) >= 11 is 1.38. The summed E-state index contributed by atoms with van der Waals surface area (Å²) in [6, 6.07) is 7.57. The summed E-state index contributed by atoms with van der Waals surface area (Å²) in [5.74, 6) is 0.801. The predicted octanol–water partition coefficient (Wildman–Crippen LogP) is 3.55. The van der Waals surface area contributed by atoms with E-state index in [1.807, 2.05) is 31.2 Å². The van der Waals surface area contributed by atoms with E-state index in [9.17, 15) is 4.79 Å². The lowest BCUT2D eigenvalue weighted by molar-refractivity contribution is 0.0439. The van der Waals surface area contributed by atoms with E-state index in [2.05, 4.69) is 9.97 Å². The van der Waals surface area contributed by atoms with Crippen molar-refractivity contribution >= 4 is 17.3 Å². The molecule has 0 spiro atoms. The molecule has 2 aromatic heterocycles. The van der Waals surface area contributed by atoms with Crippen LogP contribution in [0.4, 0.5) is 0 Å². The van der Waals surface area contributed by atoms with Gasteiger partial charge in [0.2, 0.25) is 0 Å². The second-order valence-corrected chi connectivity index (χ2v) is 5.40. The second kappa shape index (κ2) is 7.06. The third kappa shape index (κ3) is 3.75. The van der Waals surface area contributed by atoms with Crippen LogP contribution in [0.15, 0.2) is 46.7 Å². The van der Waals surface area contributed by atoms with Gasteiger partial charge in [0.25, 0.3) is 0 Å². The first-order valence-corrected chi connectivity index (χ1v) is 7.87. The molecule has 7 heteroatoms. The molecule has 2 heterocycles. The van der Waals surface area contributed by atoms with Crippen molar-refractivity contribution in [2.45, 2.75) is 13.5 Å². The quantitative estimate of drug-likeness (QED) is 0.643. The summed E-state index contributed by atoms with van der Waals surface area (Å²) in [4.78, 5) is 20.0. The zero-order valence-corrected chi connectivity index (χ0v) is 13.2. The Morgan fingerprint density at radius 2 is 2.13 bits per heavy atom. The molecule has 0 unspecified atom stereocenters. The maximum absolute atomic E-state index is 12.0. The molecular formula is C16H14N2O4S. The van der Waals surface area contributed by atoms with Crippen molar-refractivity contribution in [2.24, 2.45) is 0 Å². The number of hydrogen-bond acceptors (Lipinski definition) is 7. The zero-order valence-electron chi connectivity index (χ0n) is 12.4. The van der Waals surface area contributed by atoms with E-state index >= 15 is 0 Å². The van der Waals surface area contributed by atoms with Gasteiger partial charge in [0.05, 0.1) is 12.8 Å². The van der Waals surface area contributed by atoms with Crippen LogP contribution in [0.1, 0.15) is 23.2 Å². The molecule has 0 amide bonds. The number of hydrogen-bond donors (Lipinski definition) is 0. The standard InChI is InChI=1S/C16H14N2O4S/c1-2-20-12-5-3-11(4-6-12)15-18-14(9-23-15)16(19)21-8-13-7-17-10-22-13/h3-7,9-10H,2,8H2,1H3. The van der Waals surface area contributed by atoms with Gasteiger partial charge in [0.15, 0.2) is 24.5 Å². The Morgan fingerprint density at radius 3 is 2.83 bits per heavy atom. The van der Waals surface area contributed by atoms with Gasteiger partial charge in [-0.05, 0) is 31.2 Å². The fraction of sp³-hybridized carbons (Fsp3) is 0.188. The summed E-state index contributed by atoms with van der Waals surface area (Å²) in [6.45, 7) is 2.60. The first kappa shape index (κ1) is 15.2. The molecule has 6 nitrogen and oxygen atoms in total. The molecule has 0 atom stereocenters. The molecule has 0 N–H and O–H groups in total. The second-order valence-electron chi connectivity index (χ2n) is 4.54. The molecule has 23 heavy (non-hydrogen) atoms. The molecule has 0 aliphatic rings. The highest BCUT2D eigenvalue weighted by Crippen LogP contribution is 2.26. The molecule has 0 saturated heterocycles. The molecule has 0 bridgehead atoms. The van der Waals surface area contributed by atoms with E-state index in [0.717, 1.165) is 16.3 Å². The van der Waals surface area contributed by atoms with E-state index in [0.29, 0.717) is 12.4 Å². The summed E-state index contributed by atoms with van der Waals surface area (Å²) in [5, 5.41) is 2.42. The van der Waals surface area contributed by atoms with Crippen LogP contribution in [0, 0.1) is 0 Å². The van der Waals surface area contributed by atoms with Gasteiger partial charge in [-0.3, -0.25) is 0 Å². The van der Waals surface area contributed by atoms with Gasteiger partial charge >= 0.3 is 5.97 Å². The number of benzene rings is 1. The van der Waals surface area contributed by atoms with Crippen LogP contribution in [0.3, 0.4) is 0 Å². The molecule has 3 rings (SSSR count). The van der Waals surface area contributed by atoms with Gasteiger partial charge in [-0.25, -0.2) is 14.8 Å². The lowest BCUT2D eigenvalue weighted by Gasteiger charge is -2.03. The third-order valence-corrected chi connectivity index (χ3v) is 3.85. The Labute approximate surface area is 136 Å². The summed E-state index contributed by atoms with van der Waals surface area (Å²) in [6.07, 6.45) is 2.79. The highest BCUT2D eigenvalue weighted by molar-refractivity contribution is 7.13. The molecule has 1 aromatic carbocycles. The molecule has 0 fully saturated rings. The number of ether oxygens (including phenoxy) is 2. The fourth-order valence-electron chi connectivity index (χ4n) is 1.88. The van der Waals surface area contributed by atoms with Crippen LogP contribution in [0.2, 0.25) is 0 Å². The first-order valence-electron chi connectivity index (χ1n) is 6.99. The SMILES string of the molecule is CCOc1ccc(-c2nc(C(=O)OCc3cnco3)cs2)cc1. The number of carbonyl (C=O) groups is 1. The van der Waals surface area contributed by atoms with Crippen LogP contribution < -0.4 is 4.74 Å². The minimum Gasteiger partial charge on any atom is -0.494 e. The van der Waals surface area contributed by atoms with Gasteiger partial charge in [0, 0.05) is 10.9 Å². The Morgan fingerprint density at radius 1 is 1.30 bits per heavy atom. The van der Waals surface area contributed by atoms with Crippen molar-refractivity contribution in [3.63, 3.8) is 0 Å². The van der Waals surface area contributed by atoms with E-state index in [4.69, 9.17) is 13.9 Å². The summed E-state index contributed by atoms with van der Waals surface area (Å²) in [5.41, 5.74) is 1.20. The van der Waals surface area contributed by atoms with E-state index < -0.39 is 5.97 Å². The van der Waals surface area contributed by atoms with Crippen molar-refractivity contribution in [1.29, 1.82) is 0 Å². The maximum atomic E-state index is 12.0. The smallest absolute Gasteiger partial charge is 0.358 e. The molecule has 0 saturated carbocycles. The average molecular weight is 330 g/mol. The zero-order chi connectivity index (χ0) is 16.1. The minimum absolute atomic E-state index is 0.0365. The Balaban J connectivity index is 1.66. The van der Waals surface area contributed by atoms with E-state index in [-0.39, 0.29) is 12.3 Å². The van der Waals surface area contributed by atoms with Crippen molar-refractivity contribution in [2.75, 3.05) is 6.61 Å². The van der Waals surface area contributed by atoms with E-state index in [1.54, 1.807) is 5.38 Å². The van der Waals surface area contributed by atoms with Crippen LogP contribution in [-0.4, -0.2) is 22.5 Å². The lowest BCUT2D eigenvalue weighted by atomic mass is 10.2. The summed E-state index contributed by atoms with van der Waals surface area (Å²) < 4.78 is 15.5. The molecular weight excluding hydrogens is 316 g/mol. The number of esters is 1. The maximum Gasteiger partial charge on any atom is 0.358 e. The predicted molar refractivity (Wildman–Crippen MR) is 84.3 cm³/mol. The Kier molecular flexibility index (Phi) is 4.68. The van der Waals surface area contributed by atoms with Crippen molar-refractivity contribution in [3.05, 3.63) is 53.7 Å². The number of thiazole rings is 1. The van der Waals surface area contributed by atoms with Crippen LogP contribution >= 0.6 is 11.3 Å². The number of oxazole rings is 1. The van der Waals surface area contributed by atoms with Gasteiger partial charge in [-0.15, -0.1) is 11.3 Å². The summed E-state index contributed by atoms with van der Waals surface area (Å²) in [7, 11) is 0. The average Bonchev–Trinajstić information content (AvgIpc) is 3.25.